The van der Waals surface area contributed by atoms with E-state index in [0.29, 0.717) is 6.04 Å². The van der Waals surface area contributed by atoms with Crippen molar-refractivity contribution in [2.45, 2.75) is 18.9 Å². The van der Waals surface area contributed by atoms with Gasteiger partial charge in [-0.15, -0.1) is 0 Å². The maximum Gasteiger partial charge on any atom is 0.247 e. The van der Waals surface area contributed by atoms with Crippen LogP contribution in [0.5, 0.6) is 0 Å². The van der Waals surface area contributed by atoms with Crippen molar-refractivity contribution < 1.29 is 4.79 Å². The molecule has 1 aliphatic rings. The molecule has 1 saturated carbocycles. The molecule has 0 spiro atoms. The molecule has 1 aliphatic carbocycles. The van der Waals surface area contributed by atoms with Crippen molar-refractivity contribution in [2.75, 3.05) is 0 Å². The minimum Gasteiger partial charge on any atom is -0.386 e. The van der Waals surface area contributed by atoms with Crippen LogP contribution in [-0.2, 0) is 4.79 Å². The van der Waals surface area contributed by atoms with Crippen LogP contribution in [-0.4, -0.2) is 11.9 Å². The number of nitrogens with one attached hydrogen (secondary N) is 1. The molecule has 56 valence electrons. The molecule has 0 aromatic heterocycles. The van der Waals surface area contributed by atoms with E-state index in [1.54, 1.807) is 0 Å². The lowest BCUT2D eigenvalue weighted by molar-refractivity contribution is -0.116. The van der Waals surface area contributed by atoms with E-state index in [1.807, 2.05) is 0 Å². The summed E-state index contributed by atoms with van der Waals surface area (Å²) in [5, 5.41) is 2.71. The quantitative estimate of drug-likeness (QED) is 0.432. The molecule has 0 bridgehead atoms. The topological polar surface area (TPSA) is 81.1 Å². The number of hydrogen-bond donors (Lipinski definition) is 3. The van der Waals surface area contributed by atoms with Crippen LogP contribution in [0.15, 0.2) is 11.9 Å². The highest BCUT2D eigenvalue weighted by Crippen LogP contribution is 2.18. The summed E-state index contributed by atoms with van der Waals surface area (Å²) in [5.41, 5.74) is 10.1. The predicted octanol–water partition coefficient (Wildman–Crippen LogP) is -0.976. The molecule has 5 N–H and O–H groups in total. The van der Waals surface area contributed by atoms with Gasteiger partial charge >= 0.3 is 0 Å². The molecule has 1 rings (SSSR count). The van der Waals surface area contributed by atoms with E-state index in [2.05, 4.69) is 5.32 Å². The zero-order chi connectivity index (χ0) is 7.56. The van der Waals surface area contributed by atoms with Crippen molar-refractivity contribution in [2.24, 2.45) is 11.5 Å². The monoisotopic (exact) mass is 141 g/mol. The van der Waals surface area contributed by atoms with Crippen LogP contribution < -0.4 is 16.8 Å². The fourth-order valence-corrected chi connectivity index (χ4v) is 0.622. The van der Waals surface area contributed by atoms with Crippen molar-refractivity contribution in [3.63, 3.8) is 0 Å². The van der Waals surface area contributed by atoms with Crippen molar-refractivity contribution in [1.82, 2.24) is 5.32 Å². The summed E-state index contributed by atoms with van der Waals surface area (Å²) < 4.78 is 0. The number of nitrogens with two attached hydrogens (primary N) is 2. The highest BCUT2D eigenvalue weighted by molar-refractivity contribution is 5.88. The Morgan fingerprint density at radius 1 is 1.50 bits per heavy atom. The predicted molar refractivity (Wildman–Crippen MR) is 37.6 cm³/mol. The van der Waals surface area contributed by atoms with E-state index < -0.39 is 0 Å². The fraction of sp³-hybridized carbons (Fsp3) is 0.500. The molecule has 4 nitrogen and oxygen atoms in total. The minimum atomic E-state index is -0.192. The second kappa shape index (κ2) is 2.60. The Hall–Kier alpha value is -1.19. The van der Waals surface area contributed by atoms with Gasteiger partial charge in [-0.3, -0.25) is 4.79 Å². The zero-order valence-corrected chi connectivity index (χ0v) is 5.63. The van der Waals surface area contributed by atoms with Crippen molar-refractivity contribution in [3.8, 4) is 0 Å². The molecular formula is C6H11N3O. The Balaban J connectivity index is 2.26. The van der Waals surface area contributed by atoms with Gasteiger partial charge in [0, 0.05) is 12.1 Å². The highest BCUT2D eigenvalue weighted by atomic mass is 16.1. The molecule has 1 fully saturated rings. The number of carbonyl (C=O) groups is 1. The van der Waals surface area contributed by atoms with E-state index >= 15 is 0 Å². The van der Waals surface area contributed by atoms with Gasteiger partial charge in [-0.05, 0) is 12.8 Å². The molecule has 0 aliphatic heterocycles. The van der Waals surface area contributed by atoms with Gasteiger partial charge in [-0.1, -0.05) is 0 Å². The Bertz CT molecular complexity index is 168. The number of hydrogen-bond acceptors (Lipinski definition) is 3. The summed E-state index contributed by atoms with van der Waals surface area (Å²) in [5.74, 6) is -0.138. The van der Waals surface area contributed by atoms with Gasteiger partial charge in [-0.2, -0.15) is 0 Å². The van der Waals surface area contributed by atoms with Gasteiger partial charge in [0.05, 0.1) is 5.82 Å². The van der Waals surface area contributed by atoms with Crippen molar-refractivity contribution in [3.05, 3.63) is 11.9 Å². The molecule has 0 aromatic rings. The van der Waals surface area contributed by atoms with E-state index in [0.717, 1.165) is 12.8 Å². The Morgan fingerprint density at radius 2 is 2.10 bits per heavy atom. The van der Waals surface area contributed by atoms with E-state index in [9.17, 15) is 4.79 Å². The summed E-state index contributed by atoms with van der Waals surface area (Å²) in [6, 6.07) is 0.364. The highest BCUT2D eigenvalue weighted by Gasteiger charge is 2.22. The molecule has 4 heteroatoms. The molecule has 0 aromatic carbocycles. The van der Waals surface area contributed by atoms with Gasteiger partial charge in [0.25, 0.3) is 0 Å². The summed E-state index contributed by atoms with van der Waals surface area (Å²) in [6.45, 7) is 0. The summed E-state index contributed by atoms with van der Waals surface area (Å²) >= 11 is 0. The summed E-state index contributed by atoms with van der Waals surface area (Å²) in [7, 11) is 0. The first kappa shape index (κ1) is 6.92. The average Bonchev–Trinajstić information content (AvgIpc) is 2.46. The van der Waals surface area contributed by atoms with Gasteiger partial charge < -0.3 is 16.8 Å². The Morgan fingerprint density at radius 3 is 2.50 bits per heavy atom. The number of carbonyl (C=O) groups excluding carboxylic acids is 1. The third-order valence-electron chi connectivity index (χ3n) is 1.22. The van der Waals surface area contributed by atoms with Gasteiger partial charge in [0.2, 0.25) is 5.91 Å². The van der Waals surface area contributed by atoms with Gasteiger partial charge in [-0.25, -0.2) is 0 Å². The lowest BCUT2D eigenvalue weighted by Crippen LogP contribution is -2.25. The standard InChI is InChI=1S/C6H11N3O/c7-5(8)3-6(10)9-4-1-2-4/h3-4H,1-2,7-8H2,(H,9,10). The van der Waals surface area contributed by atoms with Gasteiger partial charge in [0.15, 0.2) is 0 Å². The third kappa shape index (κ3) is 2.39. The molecule has 0 atom stereocenters. The molecule has 1 amide bonds. The van der Waals surface area contributed by atoms with Crippen LogP contribution in [0.4, 0.5) is 0 Å². The van der Waals surface area contributed by atoms with E-state index in [-0.39, 0.29) is 11.7 Å². The molecule has 0 radical (unpaired) electrons. The van der Waals surface area contributed by atoms with Crippen LogP contribution in [0.1, 0.15) is 12.8 Å². The minimum absolute atomic E-state index is 0.0538. The van der Waals surface area contributed by atoms with E-state index in [1.165, 1.54) is 6.08 Å². The van der Waals surface area contributed by atoms with E-state index in [4.69, 9.17) is 11.5 Å². The number of rotatable bonds is 2. The number of amides is 1. The maximum absolute atomic E-state index is 10.8. The summed E-state index contributed by atoms with van der Waals surface area (Å²) in [4.78, 5) is 10.8. The molecular weight excluding hydrogens is 130 g/mol. The van der Waals surface area contributed by atoms with Crippen LogP contribution in [0.25, 0.3) is 0 Å². The lowest BCUT2D eigenvalue weighted by atomic mass is 10.5. The first-order chi connectivity index (χ1) is 4.68. The van der Waals surface area contributed by atoms with Crippen LogP contribution in [0.2, 0.25) is 0 Å². The van der Waals surface area contributed by atoms with Crippen LogP contribution in [0.3, 0.4) is 0 Å². The first-order valence-electron chi connectivity index (χ1n) is 3.21. The Kier molecular flexibility index (Phi) is 1.80. The molecule has 0 saturated heterocycles. The normalized spacial score (nSPS) is 16.0. The molecule has 10 heavy (non-hydrogen) atoms. The Labute approximate surface area is 59.3 Å². The maximum atomic E-state index is 10.8. The molecule has 0 unspecified atom stereocenters. The second-order valence-corrected chi connectivity index (χ2v) is 2.43. The summed E-state index contributed by atoms with van der Waals surface area (Å²) in [6.07, 6.45) is 3.34. The van der Waals surface area contributed by atoms with Gasteiger partial charge in [0.1, 0.15) is 0 Å². The second-order valence-electron chi connectivity index (χ2n) is 2.43. The SMILES string of the molecule is NC(N)=CC(=O)NC1CC1. The van der Waals surface area contributed by atoms with Crippen molar-refractivity contribution in [1.29, 1.82) is 0 Å². The molecule has 0 heterocycles. The third-order valence-corrected chi connectivity index (χ3v) is 1.22. The van der Waals surface area contributed by atoms with Crippen LogP contribution in [0, 0.1) is 0 Å². The average molecular weight is 141 g/mol. The smallest absolute Gasteiger partial charge is 0.247 e. The first-order valence-corrected chi connectivity index (χ1v) is 3.21. The van der Waals surface area contributed by atoms with Crippen LogP contribution >= 0.6 is 0 Å². The van der Waals surface area contributed by atoms with Crippen molar-refractivity contribution >= 4 is 5.91 Å². The fourth-order valence-electron chi connectivity index (χ4n) is 0.622. The lowest BCUT2D eigenvalue weighted by Gasteiger charge is -1.96. The zero-order valence-electron chi connectivity index (χ0n) is 5.63. The largest absolute Gasteiger partial charge is 0.386 e.